The van der Waals surface area contributed by atoms with Crippen LogP contribution in [0.5, 0.6) is 0 Å². The minimum Gasteiger partial charge on any atom is -0.259 e. The number of rotatable bonds is 4. The van der Waals surface area contributed by atoms with Gasteiger partial charge in [-0.25, -0.2) is 0 Å². The molecule has 0 aromatic heterocycles. The molecule has 0 amide bonds. The average molecular weight is 185 g/mol. The van der Waals surface area contributed by atoms with Crippen molar-refractivity contribution in [2.75, 3.05) is 12.3 Å². The maximum atomic E-state index is 4.09. The van der Waals surface area contributed by atoms with Crippen molar-refractivity contribution < 1.29 is 0 Å². The Morgan fingerprint density at radius 3 is 2.64 bits per heavy atom. The van der Waals surface area contributed by atoms with Crippen molar-refractivity contribution >= 4 is 24.6 Å². The quantitative estimate of drug-likeness (QED) is 0.424. The van der Waals surface area contributed by atoms with Gasteiger partial charge in [0.05, 0.1) is 0 Å². The lowest BCUT2D eigenvalue weighted by Crippen LogP contribution is -2.05. The Morgan fingerprint density at radius 2 is 2.00 bits per heavy atom. The van der Waals surface area contributed by atoms with Gasteiger partial charge in [0.2, 0.25) is 0 Å². The monoisotopic (exact) mass is 185 g/mol. The van der Waals surface area contributed by atoms with Crippen molar-refractivity contribution in [1.82, 2.24) is 4.72 Å². The lowest BCUT2D eigenvalue weighted by atomic mass is 10.4. The van der Waals surface area contributed by atoms with E-state index >= 15 is 0 Å². The van der Waals surface area contributed by atoms with E-state index in [9.17, 15) is 0 Å². The molecule has 0 atom stereocenters. The second-order valence-corrected chi connectivity index (χ2v) is 3.44. The summed E-state index contributed by atoms with van der Waals surface area (Å²) in [5.74, 6) is 0.875. The summed E-state index contributed by atoms with van der Waals surface area (Å²) in [4.78, 5) is 1.24. The first-order chi connectivity index (χ1) is 5.43. The summed E-state index contributed by atoms with van der Waals surface area (Å²) in [5.41, 5.74) is 0. The van der Waals surface area contributed by atoms with E-state index in [1.807, 2.05) is 18.2 Å². The van der Waals surface area contributed by atoms with Gasteiger partial charge in [0.15, 0.2) is 0 Å². The molecule has 11 heavy (non-hydrogen) atoms. The molecule has 3 heteroatoms. The van der Waals surface area contributed by atoms with Crippen molar-refractivity contribution in [3.63, 3.8) is 0 Å². The number of hydrogen-bond acceptors (Lipinski definition) is 3. The van der Waals surface area contributed by atoms with Crippen LogP contribution >= 0.6 is 24.6 Å². The molecule has 1 aromatic carbocycles. The van der Waals surface area contributed by atoms with E-state index in [0.717, 1.165) is 12.3 Å². The normalized spacial score (nSPS) is 9.91. The molecule has 0 radical (unpaired) electrons. The average Bonchev–Trinajstić information content (AvgIpc) is 2.07. The molecule has 0 aliphatic carbocycles. The molecule has 0 unspecified atom stereocenters. The third-order valence-corrected chi connectivity index (χ3v) is 2.23. The molecule has 0 bridgehead atoms. The molecule has 0 heterocycles. The fourth-order valence-corrected chi connectivity index (χ4v) is 1.60. The summed E-state index contributed by atoms with van der Waals surface area (Å²) in [6.45, 7) is 0.933. The van der Waals surface area contributed by atoms with Gasteiger partial charge < -0.3 is 0 Å². The summed E-state index contributed by atoms with van der Waals surface area (Å²) >= 11 is 5.74. The maximum absolute atomic E-state index is 4.09. The van der Waals surface area contributed by atoms with Crippen molar-refractivity contribution in [1.29, 1.82) is 0 Å². The van der Waals surface area contributed by atoms with Crippen molar-refractivity contribution in [3.05, 3.63) is 30.3 Å². The van der Waals surface area contributed by atoms with Crippen LogP contribution in [0.25, 0.3) is 0 Å². The van der Waals surface area contributed by atoms with Crippen LogP contribution in [0.3, 0.4) is 0 Å². The topological polar surface area (TPSA) is 12.0 Å². The maximum Gasteiger partial charge on any atom is 0.0228 e. The highest BCUT2D eigenvalue weighted by Crippen LogP contribution is 2.12. The van der Waals surface area contributed by atoms with E-state index in [1.165, 1.54) is 4.90 Å². The molecule has 0 fully saturated rings. The number of nitrogens with one attached hydrogen (secondary N) is 1. The molecule has 0 spiro atoms. The molecule has 0 saturated carbocycles. The lowest BCUT2D eigenvalue weighted by molar-refractivity contribution is 1.05. The van der Waals surface area contributed by atoms with E-state index in [-0.39, 0.29) is 0 Å². The first kappa shape index (κ1) is 8.97. The van der Waals surface area contributed by atoms with Crippen LogP contribution < -0.4 is 4.72 Å². The predicted molar refractivity (Wildman–Crippen MR) is 54.2 cm³/mol. The zero-order chi connectivity index (χ0) is 7.94. The number of benzene rings is 1. The van der Waals surface area contributed by atoms with Gasteiger partial charge in [-0.3, -0.25) is 4.72 Å². The third kappa shape index (κ3) is 3.70. The Hall–Kier alpha value is -0.120. The SMILES string of the molecule is SCCNSc1ccccc1. The van der Waals surface area contributed by atoms with Gasteiger partial charge in [0, 0.05) is 17.2 Å². The van der Waals surface area contributed by atoms with Crippen LogP contribution in [0, 0.1) is 0 Å². The van der Waals surface area contributed by atoms with Gasteiger partial charge in [-0.15, -0.1) is 0 Å². The van der Waals surface area contributed by atoms with E-state index in [1.54, 1.807) is 11.9 Å². The van der Waals surface area contributed by atoms with Gasteiger partial charge in [0.25, 0.3) is 0 Å². The van der Waals surface area contributed by atoms with Crippen LogP contribution in [-0.4, -0.2) is 12.3 Å². The number of thiol groups is 1. The Labute approximate surface area is 77.1 Å². The Bertz CT molecular complexity index is 189. The van der Waals surface area contributed by atoms with Gasteiger partial charge in [-0.1, -0.05) is 18.2 Å². The van der Waals surface area contributed by atoms with Gasteiger partial charge in [-0.2, -0.15) is 12.6 Å². The highest BCUT2D eigenvalue weighted by Gasteiger charge is 1.88. The second-order valence-electron chi connectivity index (χ2n) is 2.03. The van der Waals surface area contributed by atoms with E-state index in [0.29, 0.717) is 0 Å². The molecular weight excluding hydrogens is 174 g/mol. The predicted octanol–water partition coefficient (Wildman–Crippen LogP) is 2.21. The fourth-order valence-electron chi connectivity index (χ4n) is 0.669. The molecular formula is C8H11NS2. The molecule has 0 aliphatic heterocycles. The van der Waals surface area contributed by atoms with Crippen molar-refractivity contribution in [2.45, 2.75) is 4.90 Å². The lowest BCUT2D eigenvalue weighted by Gasteiger charge is -1.99. The highest BCUT2D eigenvalue weighted by atomic mass is 32.2. The van der Waals surface area contributed by atoms with Gasteiger partial charge in [-0.05, 0) is 24.1 Å². The Morgan fingerprint density at radius 1 is 1.27 bits per heavy atom. The Kier molecular flexibility index (Phi) is 4.50. The van der Waals surface area contributed by atoms with Gasteiger partial charge in [0.1, 0.15) is 0 Å². The highest BCUT2D eigenvalue weighted by molar-refractivity contribution is 7.97. The van der Waals surface area contributed by atoms with Crippen molar-refractivity contribution in [3.8, 4) is 0 Å². The molecule has 1 N–H and O–H groups in total. The summed E-state index contributed by atoms with van der Waals surface area (Å²) in [5, 5.41) is 0. The largest absolute Gasteiger partial charge is 0.259 e. The summed E-state index contributed by atoms with van der Waals surface area (Å²) in [6, 6.07) is 10.2. The number of hydrogen-bond donors (Lipinski definition) is 2. The van der Waals surface area contributed by atoms with Crippen LogP contribution in [0.2, 0.25) is 0 Å². The van der Waals surface area contributed by atoms with Crippen molar-refractivity contribution in [2.24, 2.45) is 0 Å². The van der Waals surface area contributed by atoms with Crippen LogP contribution in [0.4, 0.5) is 0 Å². The van der Waals surface area contributed by atoms with E-state index in [2.05, 4.69) is 29.5 Å². The standard InChI is InChI=1S/C8H11NS2/c10-7-6-9-11-8-4-2-1-3-5-8/h1-5,9-10H,6-7H2. The van der Waals surface area contributed by atoms with E-state index in [4.69, 9.17) is 0 Å². The first-order valence-corrected chi connectivity index (χ1v) is 4.94. The second kappa shape index (κ2) is 5.52. The molecule has 0 aliphatic rings. The summed E-state index contributed by atoms with van der Waals surface area (Å²) in [7, 11) is 0. The molecule has 1 aromatic rings. The summed E-state index contributed by atoms with van der Waals surface area (Å²) in [6.07, 6.45) is 0. The first-order valence-electron chi connectivity index (χ1n) is 3.49. The zero-order valence-electron chi connectivity index (χ0n) is 6.16. The molecule has 1 nitrogen and oxygen atoms in total. The third-order valence-electron chi connectivity index (χ3n) is 1.15. The van der Waals surface area contributed by atoms with Crippen LogP contribution in [-0.2, 0) is 0 Å². The minimum absolute atomic E-state index is 0.875. The Balaban J connectivity index is 2.28. The van der Waals surface area contributed by atoms with Crippen LogP contribution in [0.1, 0.15) is 0 Å². The molecule has 0 saturated heterocycles. The minimum atomic E-state index is 0.875. The smallest absolute Gasteiger partial charge is 0.0228 e. The summed E-state index contributed by atoms with van der Waals surface area (Å²) < 4.78 is 3.19. The molecule has 1 rings (SSSR count). The zero-order valence-corrected chi connectivity index (χ0v) is 7.87. The van der Waals surface area contributed by atoms with E-state index < -0.39 is 0 Å². The van der Waals surface area contributed by atoms with Gasteiger partial charge >= 0.3 is 0 Å². The fraction of sp³-hybridized carbons (Fsp3) is 0.250. The van der Waals surface area contributed by atoms with Crippen LogP contribution in [0.15, 0.2) is 35.2 Å². The molecule has 60 valence electrons.